The average molecular weight is 379 g/mol. The SMILES string of the molecule is C=CN[C@@H](C)C(CC)N1[C@H](C)C(=O)O[C@@H](c2ccccc2)[C@H]1c1ccccc1. The molecule has 1 heterocycles. The molecule has 0 bridgehead atoms. The second-order valence-electron chi connectivity index (χ2n) is 7.38. The van der Waals surface area contributed by atoms with Crippen LogP contribution in [0.2, 0.25) is 0 Å². The van der Waals surface area contributed by atoms with E-state index in [0.29, 0.717) is 0 Å². The first kappa shape index (κ1) is 20.2. The summed E-state index contributed by atoms with van der Waals surface area (Å²) in [5.41, 5.74) is 2.17. The third-order valence-corrected chi connectivity index (χ3v) is 5.67. The molecule has 2 aromatic carbocycles. The minimum atomic E-state index is -0.350. The first-order chi connectivity index (χ1) is 13.6. The number of hydrogen-bond donors (Lipinski definition) is 1. The van der Waals surface area contributed by atoms with Gasteiger partial charge in [0.2, 0.25) is 0 Å². The average Bonchev–Trinajstić information content (AvgIpc) is 2.73. The summed E-state index contributed by atoms with van der Waals surface area (Å²) in [6.45, 7) is 10.1. The number of ether oxygens (including phenoxy) is 1. The molecule has 5 atom stereocenters. The first-order valence-electron chi connectivity index (χ1n) is 10.0. The van der Waals surface area contributed by atoms with Crippen molar-refractivity contribution in [3.8, 4) is 0 Å². The van der Waals surface area contributed by atoms with Crippen LogP contribution in [0.3, 0.4) is 0 Å². The van der Waals surface area contributed by atoms with Gasteiger partial charge in [0.25, 0.3) is 0 Å². The van der Waals surface area contributed by atoms with E-state index in [9.17, 15) is 4.79 Å². The maximum atomic E-state index is 12.9. The Bertz CT molecular complexity index is 778. The predicted octanol–water partition coefficient (Wildman–Crippen LogP) is 4.62. The van der Waals surface area contributed by atoms with Gasteiger partial charge in [-0.2, -0.15) is 0 Å². The van der Waals surface area contributed by atoms with Gasteiger partial charge in [0, 0.05) is 12.1 Å². The van der Waals surface area contributed by atoms with E-state index in [1.54, 1.807) is 6.20 Å². The van der Waals surface area contributed by atoms with Crippen LogP contribution in [0.5, 0.6) is 0 Å². The van der Waals surface area contributed by atoms with E-state index in [2.05, 4.69) is 42.8 Å². The summed E-state index contributed by atoms with van der Waals surface area (Å²) < 4.78 is 6.00. The fraction of sp³-hybridized carbons (Fsp3) is 0.375. The molecule has 0 radical (unpaired) electrons. The fourth-order valence-corrected chi connectivity index (χ4v) is 4.31. The minimum absolute atomic E-state index is 0.0599. The summed E-state index contributed by atoms with van der Waals surface area (Å²) in [6, 6.07) is 20.3. The number of hydrogen-bond acceptors (Lipinski definition) is 4. The number of cyclic esters (lactones) is 1. The topological polar surface area (TPSA) is 41.6 Å². The van der Waals surface area contributed by atoms with E-state index in [4.69, 9.17) is 4.74 Å². The van der Waals surface area contributed by atoms with Crippen LogP contribution >= 0.6 is 0 Å². The smallest absolute Gasteiger partial charge is 0.323 e. The zero-order valence-electron chi connectivity index (χ0n) is 16.9. The zero-order valence-corrected chi connectivity index (χ0v) is 16.9. The van der Waals surface area contributed by atoms with Gasteiger partial charge in [-0.15, -0.1) is 0 Å². The van der Waals surface area contributed by atoms with E-state index in [0.717, 1.165) is 17.5 Å². The van der Waals surface area contributed by atoms with Crippen LogP contribution in [0.1, 0.15) is 50.5 Å². The number of carbonyl (C=O) groups is 1. The lowest BCUT2D eigenvalue weighted by Gasteiger charge is -2.49. The number of esters is 1. The number of benzene rings is 2. The van der Waals surface area contributed by atoms with Gasteiger partial charge in [-0.25, -0.2) is 0 Å². The zero-order chi connectivity index (χ0) is 20.1. The first-order valence-corrected chi connectivity index (χ1v) is 10.0. The molecule has 4 nitrogen and oxygen atoms in total. The lowest BCUT2D eigenvalue weighted by atomic mass is 9.88. The second kappa shape index (κ2) is 9.07. The Morgan fingerprint density at radius 2 is 1.68 bits per heavy atom. The Morgan fingerprint density at radius 1 is 1.11 bits per heavy atom. The van der Waals surface area contributed by atoms with E-state index in [-0.39, 0.29) is 36.2 Å². The summed E-state index contributed by atoms with van der Waals surface area (Å²) in [5.74, 6) is -0.176. The Labute approximate surface area is 168 Å². The van der Waals surface area contributed by atoms with Crippen LogP contribution in [-0.2, 0) is 9.53 Å². The van der Waals surface area contributed by atoms with Crippen molar-refractivity contribution < 1.29 is 9.53 Å². The van der Waals surface area contributed by atoms with Crippen LogP contribution in [0, 0.1) is 0 Å². The molecule has 0 amide bonds. The van der Waals surface area contributed by atoms with Crippen LogP contribution < -0.4 is 5.32 Å². The molecule has 0 aliphatic carbocycles. The highest BCUT2D eigenvalue weighted by Crippen LogP contribution is 2.43. The van der Waals surface area contributed by atoms with E-state index in [1.807, 2.05) is 55.5 Å². The number of nitrogens with zero attached hydrogens (tertiary/aromatic N) is 1. The van der Waals surface area contributed by atoms with Crippen molar-refractivity contribution in [3.63, 3.8) is 0 Å². The monoisotopic (exact) mass is 378 g/mol. The number of nitrogens with one attached hydrogen (secondary N) is 1. The van der Waals surface area contributed by atoms with Gasteiger partial charge in [0.05, 0.1) is 6.04 Å². The molecule has 0 aromatic heterocycles. The van der Waals surface area contributed by atoms with Crippen molar-refractivity contribution in [3.05, 3.63) is 84.6 Å². The largest absolute Gasteiger partial charge is 0.454 e. The van der Waals surface area contributed by atoms with Crippen LogP contribution in [0.25, 0.3) is 0 Å². The normalized spacial score (nSPS) is 24.8. The Morgan fingerprint density at radius 3 is 2.21 bits per heavy atom. The third-order valence-electron chi connectivity index (χ3n) is 5.67. The maximum absolute atomic E-state index is 12.9. The Kier molecular flexibility index (Phi) is 6.53. The van der Waals surface area contributed by atoms with Crippen molar-refractivity contribution in [2.24, 2.45) is 0 Å². The minimum Gasteiger partial charge on any atom is -0.454 e. The van der Waals surface area contributed by atoms with Gasteiger partial charge in [-0.1, -0.05) is 74.2 Å². The highest BCUT2D eigenvalue weighted by Gasteiger charge is 2.46. The molecular weight excluding hydrogens is 348 g/mol. The third kappa shape index (κ3) is 3.97. The lowest BCUT2D eigenvalue weighted by molar-refractivity contribution is -0.179. The molecule has 0 saturated carbocycles. The lowest BCUT2D eigenvalue weighted by Crippen LogP contribution is -2.58. The molecule has 1 aliphatic heterocycles. The van der Waals surface area contributed by atoms with Crippen molar-refractivity contribution in [1.29, 1.82) is 0 Å². The summed E-state index contributed by atoms with van der Waals surface area (Å²) in [6.07, 6.45) is 2.29. The molecule has 1 fully saturated rings. The molecule has 148 valence electrons. The molecule has 0 spiro atoms. The summed E-state index contributed by atoms with van der Waals surface area (Å²) in [5, 5.41) is 3.33. The molecule has 1 unspecified atom stereocenters. The molecule has 3 rings (SSSR count). The van der Waals surface area contributed by atoms with Gasteiger partial charge in [0.1, 0.15) is 12.1 Å². The van der Waals surface area contributed by atoms with Crippen molar-refractivity contribution in [2.75, 3.05) is 0 Å². The van der Waals surface area contributed by atoms with Gasteiger partial charge in [0.15, 0.2) is 0 Å². The van der Waals surface area contributed by atoms with E-state index < -0.39 is 0 Å². The van der Waals surface area contributed by atoms with Crippen molar-refractivity contribution in [2.45, 2.75) is 57.5 Å². The highest BCUT2D eigenvalue weighted by atomic mass is 16.6. The summed E-state index contributed by atoms with van der Waals surface area (Å²) >= 11 is 0. The Hall–Kier alpha value is -2.59. The molecular formula is C24H30N2O2. The second-order valence-corrected chi connectivity index (χ2v) is 7.38. The molecule has 2 aromatic rings. The molecule has 1 aliphatic rings. The fourth-order valence-electron chi connectivity index (χ4n) is 4.31. The van der Waals surface area contributed by atoms with Gasteiger partial charge in [-0.05, 0) is 37.6 Å². The van der Waals surface area contributed by atoms with Crippen LogP contribution in [0.15, 0.2) is 73.4 Å². The van der Waals surface area contributed by atoms with Gasteiger partial charge >= 0.3 is 5.97 Å². The van der Waals surface area contributed by atoms with E-state index >= 15 is 0 Å². The van der Waals surface area contributed by atoms with Crippen molar-refractivity contribution in [1.82, 2.24) is 10.2 Å². The molecule has 1 saturated heterocycles. The summed E-state index contributed by atoms with van der Waals surface area (Å²) in [4.78, 5) is 15.2. The van der Waals surface area contributed by atoms with Gasteiger partial charge in [-0.3, -0.25) is 9.69 Å². The molecule has 28 heavy (non-hydrogen) atoms. The van der Waals surface area contributed by atoms with Gasteiger partial charge < -0.3 is 10.1 Å². The number of carbonyl (C=O) groups excluding carboxylic acids is 1. The van der Waals surface area contributed by atoms with E-state index in [1.165, 1.54) is 0 Å². The quantitative estimate of drug-likeness (QED) is 0.714. The van der Waals surface area contributed by atoms with Crippen LogP contribution in [0.4, 0.5) is 0 Å². The predicted molar refractivity (Wildman–Crippen MR) is 113 cm³/mol. The molecule has 1 N–H and O–H groups in total. The van der Waals surface area contributed by atoms with Crippen molar-refractivity contribution >= 4 is 5.97 Å². The Balaban J connectivity index is 2.11. The maximum Gasteiger partial charge on any atom is 0.323 e. The summed E-state index contributed by atoms with van der Waals surface area (Å²) in [7, 11) is 0. The number of morpholine rings is 1. The highest BCUT2D eigenvalue weighted by molar-refractivity contribution is 5.77. The number of rotatable bonds is 7. The standard InChI is InChI=1S/C24H30N2O2/c1-5-21(17(3)25-6-2)26-18(4)24(27)28-23(20-15-11-8-12-16-20)22(26)19-13-9-7-10-14-19/h6-18,21-23,25H,2,5H2,1,3-4H3/t17-,18+,21?,22+,23-/m0/s1. The van der Waals surface area contributed by atoms with Crippen LogP contribution in [-0.4, -0.2) is 29.0 Å². The molecule has 4 heteroatoms.